The van der Waals surface area contributed by atoms with Gasteiger partial charge in [0.05, 0.1) is 0 Å². The van der Waals surface area contributed by atoms with E-state index in [1.165, 1.54) is 12.8 Å². The Kier molecular flexibility index (Phi) is 2.46. The zero-order valence-electron chi connectivity index (χ0n) is 9.13. The molecule has 0 bridgehead atoms. The lowest BCUT2D eigenvalue weighted by Crippen LogP contribution is -2.29. The smallest absolute Gasteiger partial charge is 0.290 e. The molecule has 1 saturated carbocycles. The van der Waals surface area contributed by atoms with E-state index in [0.717, 1.165) is 18.8 Å². The minimum absolute atomic E-state index is 0.181. The molecule has 15 heavy (non-hydrogen) atoms. The highest BCUT2D eigenvalue weighted by atomic mass is 16.2. The summed E-state index contributed by atoms with van der Waals surface area (Å²) in [6.07, 6.45) is 3.15. The van der Waals surface area contributed by atoms with E-state index in [4.69, 9.17) is 0 Å². The van der Waals surface area contributed by atoms with Crippen molar-refractivity contribution in [2.75, 3.05) is 6.54 Å². The van der Waals surface area contributed by atoms with E-state index in [1.54, 1.807) is 0 Å². The number of carbonyl (C=O) groups excluding carboxylic acids is 1. The average molecular weight is 208 g/mol. The molecule has 0 atom stereocenters. The van der Waals surface area contributed by atoms with Crippen molar-refractivity contribution in [3.8, 4) is 0 Å². The predicted molar refractivity (Wildman–Crippen MR) is 55.4 cm³/mol. The second-order valence-electron chi connectivity index (χ2n) is 4.45. The van der Waals surface area contributed by atoms with E-state index in [9.17, 15) is 4.79 Å². The normalized spacial score (nSPS) is 17.5. The maximum atomic E-state index is 11.6. The quantitative estimate of drug-likeness (QED) is 0.772. The van der Waals surface area contributed by atoms with Crippen LogP contribution in [0.3, 0.4) is 0 Å². The summed E-state index contributed by atoms with van der Waals surface area (Å²) in [6, 6.07) is 0. The van der Waals surface area contributed by atoms with Crippen LogP contribution in [0.2, 0.25) is 0 Å². The van der Waals surface area contributed by atoms with E-state index in [0.29, 0.717) is 5.41 Å². The van der Waals surface area contributed by atoms with Gasteiger partial charge in [-0.2, -0.15) is 0 Å². The summed E-state index contributed by atoms with van der Waals surface area (Å²) in [7, 11) is 0. The summed E-state index contributed by atoms with van der Waals surface area (Å²) >= 11 is 0. The number of aryl methyl sites for hydroxylation is 1. The topological polar surface area (TPSA) is 70.7 Å². The second-order valence-corrected chi connectivity index (χ2v) is 4.45. The van der Waals surface area contributed by atoms with Crippen LogP contribution in [0.25, 0.3) is 0 Å². The highest BCUT2D eigenvalue weighted by Crippen LogP contribution is 2.43. The number of aromatic amines is 1. The van der Waals surface area contributed by atoms with Crippen molar-refractivity contribution in [3.63, 3.8) is 0 Å². The maximum Gasteiger partial charge on any atom is 0.290 e. The number of nitrogens with zero attached hydrogens (tertiary/aromatic N) is 2. The van der Waals surface area contributed by atoms with E-state index >= 15 is 0 Å². The highest BCUT2D eigenvalue weighted by Gasteiger charge is 2.37. The molecule has 82 valence electrons. The maximum absolute atomic E-state index is 11.6. The van der Waals surface area contributed by atoms with Gasteiger partial charge in [-0.15, -0.1) is 5.10 Å². The largest absolute Gasteiger partial charge is 0.349 e. The lowest BCUT2D eigenvalue weighted by Gasteiger charge is -2.07. The zero-order valence-corrected chi connectivity index (χ0v) is 9.13. The number of nitrogens with one attached hydrogen (secondary N) is 2. The minimum atomic E-state index is -0.181. The van der Waals surface area contributed by atoms with Gasteiger partial charge < -0.3 is 5.32 Å². The number of hydrogen-bond donors (Lipinski definition) is 2. The SMILES string of the molecule is CCc1nc(C(=O)NCC2(C)CC2)n[nH]1. The van der Waals surface area contributed by atoms with Crippen molar-refractivity contribution in [2.24, 2.45) is 5.41 Å². The first-order valence-corrected chi connectivity index (χ1v) is 5.32. The van der Waals surface area contributed by atoms with E-state index in [1.807, 2.05) is 6.92 Å². The van der Waals surface area contributed by atoms with Crippen LogP contribution in [0.4, 0.5) is 0 Å². The molecular weight excluding hydrogens is 192 g/mol. The van der Waals surface area contributed by atoms with Gasteiger partial charge in [-0.1, -0.05) is 13.8 Å². The van der Waals surface area contributed by atoms with Crippen LogP contribution in [0.15, 0.2) is 0 Å². The molecule has 0 saturated heterocycles. The van der Waals surface area contributed by atoms with Crippen LogP contribution in [-0.4, -0.2) is 27.6 Å². The van der Waals surface area contributed by atoms with Gasteiger partial charge in [0.1, 0.15) is 5.82 Å². The molecule has 1 aliphatic rings. The summed E-state index contributed by atoms with van der Waals surface area (Å²) in [5, 5.41) is 9.44. The first kappa shape index (κ1) is 10.1. The Hall–Kier alpha value is -1.39. The Morgan fingerprint density at radius 3 is 2.87 bits per heavy atom. The van der Waals surface area contributed by atoms with Crippen LogP contribution >= 0.6 is 0 Å². The molecule has 2 N–H and O–H groups in total. The monoisotopic (exact) mass is 208 g/mol. The number of rotatable bonds is 4. The molecular formula is C10H16N4O. The molecule has 1 aromatic rings. The Morgan fingerprint density at radius 1 is 1.60 bits per heavy atom. The fourth-order valence-electron chi connectivity index (χ4n) is 1.32. The van der Waals surface area contributed by atoms with Crippen molar-refractivity contribution in [3.05, 3.63) is 11.6 Å². The average Bonchev–Trinajstić information content (AvgIpc) is 2.81. The molecule has 0 aromatic carbocycles. The number of amides is 1. The van der Waals surface area contributed by atoms with Crippen LogP contribution < -0.4 is 5.32 Å². The second kappa shape index (κ2) is 3.64. The standard InChI is InChI=1S/C10H16N4O/c1-3-7-12-8(14-13-7)9(15)11-6-10(2)4-5-10/h3-6H2,1-2H3,(H,11,15)(H,12,13,14). The zero-order chi connectivity index (χ0) is 10.9. The van der Waals surface area contributed by atoms with Gasteiger partial charge in [0.15, 0.2) is 0 Å². The predicted octanol–water partition coefficient (Wildman–Crippen LogP) is 0.897. The van der Waals surface area contributed by atoms with E-state index in [-0.39, 0.29) is 11.7 Å². The van der Waals surface area contributed by atoms with Crippen LogP contribution in [0.5, 0.6) is 0 Å². The van der Waals surface area contributed by atoms with Crippen LogP contribution in [-0.2, 0) is 6.42 Å². The molecule has 1 aromatic heterocycles. The fourth-order valence-corrected chi connectivity index (χ4v) is 1.32. The van der Waals surface area contributed by atoms with Crippen molar-refractivity contribution < 1.29 is 4.79 Å². The number of carbonyl (C=O) groups is 1. The molecule has 5 heteroatoms. The first-order valence-electron chi connectivity index (χ1n) is 5.32. The van der Waals surface area contributed by atoms with Crippen molar-refractivity contribution in [1.29, 1.82) is 0 Å². The number of H-pyrrole nitrogens is 1. The Labute approximate surface area is 88.7 Å². The van der Waals surface area contributed by atoms with Crippen molar-refractivity contribution >= 4 is 5.91 Å². The van der Waals surface area contributed by atoms with E-state index < -0.39 is 0 Å². The van der Waals surface area contributed by atoms with Crippen LogP contribution in [0, 0.1) is 5.41 Å². The summed E-state index contributed by atoms with van der Waals surface area (Å²) in [5.74, 6) is 0.813. The lowest BCUT2D eigenvalue weighted by atomic mass is 10.1. The molecule has 0 unspecified atom stereocenters. The Bertz CT molecular complexity index is 367. The molecule has 0 spiro atoms. The molecule has 1 heterocycles. The van der Waals surface area contributed by atoms with Crippen LogP contribution in [0.1, 0.15) is 43.1 Å². The summed E-state index contributed by atoms with van der Waals surface area (Å²) in [6.45, 7) is 4.86. The van der Waals surface area contributed by atoms with Gasteiger partial charge >= 0.3 is 0 Å². The van der Waals surface area contributed by atoms with Gasteiger partial charge in [0.25, 0.3) is 5.91 Å². The Morgan fingerprint density at radius 2 is 2.33 bits per heavy atom. The van der Waals surface area contributed by atoms with E-state index in [2.05, 4.69) is 27.4 Å². The summed E-state index contributed by atoms with van der Waals surface area (Å²) < 4.78 is 0. The molecule has 2 rings (SSSR count). The minimum Gasteiger partial charge on any atom is -0.349 e. The highest BCUT2D eigenvalue weighted by molar-refractivity contribution is 5.90. The third-order valence-corrected chi connectivity index (χ3v) is 2.85. The summed E-state index contributed by atoms with van der Waals surface area (Å²) in [5.41, 5.74) is 0.319. The van der Waals surface area contributed by atoms with Gasteiger partial charge in [0.2, 0.25) is 5.82 Å². The summed E-state index contributed by atoms with van der Waals surface area (Å²) in [4.78, 5) is 15.7. The van der Waals surface area contributed by atoms with Gasteiger partial charge in [-0.25, -0.2) is 4.98 Å². The first-order chi connectivity index (χ1) is 7.13. The third-order valence-electron chi connectivity index (χ3n) is 2.85. The fraction of sp³-hybridized carbons (Fsp3) is 0.700. The van der Waals surface area contributed by atoms with Crippen molar-refractivity contribution in [1.82, 2.24) is 20.5 Å². The number of hydrogen-bond acceptors (Lipinski definition) is 3. The molecule has 1 amide bonds. The molecule has 5 nitrogen and oxygen atoms in total. The number of aromatic nitrogens is 3. The molecule has 0 radical (unpaired) electrons. The van der Waals surface area contributed by atoms with Gasteiger partial charge in [-0.05, 0) is 18.3 Å². The Balaban J connectivity index is 1.89. The van der Waals surface area contributed by atoms with Gasteiger partial charge in [0, 0.05) is 13.0 Å². The molecule has 1 fully saturated rings. The van der Waals surface area contributed by atoms with Gasteiger partial charge in [-0.3, -0.25) is 9.89 Å². The molecule has 1 aliphatic carbocycles. The molecule has 0 aliphatic heterocycles. The van der Waals surface area contributed by atoms with Crippen molar-refractivity contribution in [2.45, 2.75) is 33.1 Å². The third kappa shape index (κ3) is 2.34. The lowest BCUT2D eigenvalue weighted by molar-refractivity contribution is 0.0936.